The zero-order valence-electron chi connectivity index (χ0n) is 19.1. The molecule has 11 heteroatoms. The number of benzene rings is 2. The normalized spacial score (nSPS) is 23.2. The molecule has 2 aromatic carbocycles. The fourth-order valence-corrected chi connectivity index (χ4v) is 4.29. The number of ether oxygens (including phenoxy) is 1. The van der Waals surface area contributed by atoms with Gasteiger partial charge in [-0.2, -0.15) is 13.2 Å². The molecule has 2 fully saturated rings. The average Bonchev–Trinajstić information content (AvgIpc) is 2.80. The average molecular weight is 492 g/mol. The second-order valence-electron chi connectivity index (χ2n) is 8.80. The Morgan fingerprint density at radius 3 is 2.37 bits per heavy atom. The summed E-state index contributed by atoms with van der Waals surface area (Å²) in [5.74, 6) is -0.273. The van der Waals surface area contributed by atoms with Gasteiger partial charge in [0, 0.05) is 30.2 Å². The van der Waals surface area contributed by atoms with E-state index in [4.69, 9.17) is 4.74 Å². The molecule has 4 rings (SSSR count). The standard InChI is InChI=1S/C24H27F3N4O4/c1-23(34)15-35-14-13-31(23)19-10-8-18(9-11-19)30-12-2-3-20(21(30)32)29-22(33)28-17-6-4-16(5-7-17)24(25,26)27/h4-11,20,34H,2-3,12-15H2,1H3,(H2,28,29,33)/t20-,23+/m1/s1. The number of nitrogens with zero attached hydrogens (tertiary/aromatic N) is 2. The van der Waals surface area contributed by atoms with Crippen molar-refractivity contribution < 1.29 is 32.6 Å². The highest BCUT2D eigenvalue weighted by Crippen LogP contribution is 2.30. The van der Waals surface area contributed by atoms with Crippen molar-refractivity contribution in [3.05, 3.63) is 54.1 Å². The third-order valence-corrected chi connectivity index (χ3v) is 6.10. The molecule has 2 aliphatic heterocycles. The van der Waals surface area contributed by atoms with Crippen molar-refractivity contribution in [2.24, 2.45) is 0 Å². The van der Waals surface area contributed by atoms with Crippen LogP contribution in [0.5, 0.6) is 0 Å². The molecule has 35 heavy (non-hydrogen) atoms. The van der Waals surface area contributed by atoms with E-state index in [1.165, 1.54) is 0 Å². The van der Waals surface area contributed by atoms with Crippen molar-refractivity contribution in [1.82, 2.24) is 5.32 Å². The SMILES string of the molecule is C[C@]1(O)COCCN1c1ccc(N2CCC[C@@H](NC(=O)Nc3ccc(C(F)(F)F)cc3)C2=O)cc1. The van der Waals surface area contributed by atoms with E-state index in [0.29, 0.717) is 38.2 Å². The summed E-state index contributed by atoms with van der Waals surface area (Å²) in [6, 6.07) is 9.88. The molecule has 0 bridgehead atoms. The molecule has 0 spiro atoms. The third-order valence-electron chi connectivity index (χ3n) is 6.10. The molecule has 2 aromatic rings. The number of aliphatic hydroxyl groups is 1. The van der Waals surface area contributed by atoms with Gasteiger partial charge in [0.1, 0.15) is 6.04 Å². The van der Waals surface area contributed by atoms with E-state index < -0.39 is 29.5 Å². The molecule has 188 valence electrons. The van der Waals surface area contributed by atoms with Gasteiger partial charge in [-0.3, -0.25) is 4.79 Å². The molecule has 8 nitrogen and oxygen atoms in total. The van der Waals surface area contributed by atoms with E-state index in [-0.39, 0.29) is 18.2 Å². The smallest absolute Gasteiger partial charge is 0.375 e. The van der Waals surface area contributed by atoms with E-state index in [0.717, 1.165) is 30.0 Å². The number of hydrogen-bond donors (Lipinski definition) is 3. The quantitative estimate of drug-likeness (QED) is 0.607. The maximum atomic E-state index is 13.1. The lowest BCUT2D eigenvalue weighted by molar-refractivity contribution is -0.137. The predicted molar refractivity (Wildman–Crippen MR) is 124 cm³/mol. The number of carbonyl (C=O) groups is 2. The summed E-state index contributed by atoms with van der Waals surface area (Å²) in [5.41, 5.74) is -0.288. The van der Waals surface area contributed by atoms with E-state index in [1.54, 1.807) is 24.0 Å². The van der Waals surface area contributed by atoms with Crippen LogP contribution in [0, 0.1) is 0 Å². The molecular formula is C24H27F3N4O4. The highest BCUT2D eigenvalue weighted by Gasteiger charge is 2.34. The first-order chi connectivity index (χ1) is 16.5. The van der Waals surface area contributed by atoms with Gasteiger partial charge in [-0.15, -0.1) is 0 Å². The van der Waals surface area contributed by atoms with Crippen LogP contribution >= 0.6 is 0 Å². The summed E-state index contributed by atoms with van der Waals surface area (Å²) in [6.45, 7) is 3.41. The van der Waals surface area contributed by atoms with Crippen LogP contribution in [0.4, 0.5) is 35.0 Å². The topological polar surface area (TPSA) is 94.1 Å². The van der Waals surface area contributed by atoms with Crippen LogP contribution in [0.2, 0.25) is 0 Å². The highest BCUT2D eigenvalue weighted by molar-refractivity contribution is 6.01. The van der Waals surface area contributed by atoms with Crippen molar-refractivity contribution in [3.8, 4) is 0 Å². The van der Waals surface area contributed by atoms with Gasteiger partial charge < -0.3 is 30.3 Å². The summed E-state index contributed by atoms with van der Waals surface area (Å²) in [7, 11) is 0. The summed E-state index contributed by atoms with van der Waals surface area (Å²) in [6.07, 6.45) is -3.35. The first kappa shape index (κ1) is 24.8. The Bertz CT molecular complexity index is 1060. The van der Waals surface area contributed by atoms with Crippen molar-refractivity contribution in [2.75, 3.05) is 41.4 Å². The minimum Gasteiger partial charge on any atom is -0.375 e. The zero-order chi connectivity index (χ0) is 25.2. The Kier molecular flexibility index (Phi) is 6.91. The van der Waals surface area contributed by atoms with Crippen LogP contribution in [0.15, 0.2) is 48.5 Å². The van der Waals surface area contributed by atoms with E-state index in [1.807, 2.05) is 17.0 Å². The maximum Gasteiger partial charge on any atom is 0.416 e. The summed E-state index contributed by atoms with van der Waals surface area (Å²) < 4.78 is 43.4. The fourth-order valence-electron chi connectivity index (χ4n) is 4.29. The highest BCUT2D eigenvalue weighted by atomic mass is 19.4. The fraction of sp³-hybridized carbons (Fsp3) is 0.417. The van der Waals surface area contributed by atoms with Crippen molar-refractivity contribution in [1.29, 1.82) is 0 Å². The van der Waals surface area contributed by atoms with E-state index in [2.05, 4.69) is 10.6 Å². The maximum absolute atomic E-state index is 13.1. The molecule has 3 N–H and O–H groups in total. The summed E-state index contributed by atoms with van der Waals surface area (Å²) in [4.78, 5) is 28.9. The third kappa shape index (κ3) is 5.68. The largest absolute Gasteiger partial charge is 0.416 e. The number of carbonyl (C=O) groups excluding carboxylic acids is 2. The number of morpholine rings is 1. The van der Waals surface area contributed by atoms with Gasteiger partial charge in [0.05, 0.1) is 18.8 Å². The molecule has 2 heterocycles. The van der Waals surface area contributed by atoms with Crippen LogP contribution in [-0.4, -0.2) is 55.1 Å². The number of amides is 3. The molecule has 2 saturated heterocycles. The number of urea groups is 1. The number of piperidine rings is 1. The lowest BCUT2D eigenvalue weighted by atomic mass is 10.0. The van der Waals surface area contributed by atoms with Gasteiger partial charge in [0.2, 0.25) is 5.91 Å². The number of nitrogens with one attached hydrogen (secondary N) is 2. The Balaban J connectivity index is 1.38. The lowest BCUT2D eigenvalue weighted by Gasteiger charge is -2.42. The molecule has 3 amide bonds. The van der Waals surface area contributed by atoms with Crippen LogP contribution in [0.1, 0.15) is 25.3 Å². The van der Waals surface area contributed by atoms with Gasteiger partial charge in [0.15, 0.2) is 5.72 Å². The van der Waals surface area contributed by atoms with Gasteiger partial charge in [-0.1, -0.05) is 0 Å². The van der Waals surface area contributed by atoms with Crippen LogP contribution in [0.25, 0.3) is 0 Å². The monoisotopic (exact) mass is 492 g/mol. The molecule has 0 saturated carbocycles. The second-order valence-corrected chi connectivity index (χ2v) is 8.80. The van der Waals surface area contributed by atoms with Gasteiger partial charge in [-0.05, 0) is 68.3 Å². The Morgan fingerprint density at radius 1 is 1.09 bits per heavy atom. The number of anilines is 3. The Morgan fingerprint density at radius 2 is 1.74 bits per heavy atom. The first-order valence-electron chi connectivity index (χ1n) is 11.3. The van der Waals surface area contributed by atoms with Crippen molar-refractivity contribution in [3.63, 3.8) is 0 Å². The van der Waals surface area contributed by atoms with Gasteiger partial charge >= 0.3 is 12.2 Å². The molecule has 0 unspecified atom stereocenters. The van der Waals surface area contributed by atoms with E-state index >= 15 is 0 Å². The Labute approximate surface area is 200 Å². The van der Waals surface area contributed by atoms with Crippen LogP contribution < -0.4 is 20.4 Å². The molecule has 2 aliphatic rings. The molecule has 0 aromatic heterocycles. The Hall–Kier alpha value is -3.31. The minimum absolute atomic E-state index is 0.185. The first-order valence-corrected chi connectivity index (χ1v) is 11.3. The van der Waals surface area contributed by atoms with Gasteiger partial charge in [0.25, 0.3) is 0 Å². The van der Waals surface area contributed by atoms with E-state index in [9.17, 15) is 27.9 Å². The number of hydrogen-bond acceptors (Lipinski definition) is 5. The summed E-state index contributed by atoms with van der Waals surface area (Å²) in [5, 5.41) is 15.6. The molecule has 2 atom stereocenters. The van der Waals surface area contributed by atoms with Crippen LogP contribution in [-0.2, 0) is 15.7 Å². The number of rotatable bonds is 4. The predicted octanol–water partition coefficient (Wildman–Crippen LogP) is 3.57. The van der Waals surface area contributed by atoms with Crippen molar-refractivity contribution >= 4 is 29.0 Å². The molecule has 0 aliphatic carbocycles. The number of alkyl halides is 3. The summed E-state index contributed by atoms with van der Waals surface area (Å²) >= 11 is 0. The second kappa shape index (κ2) is 9.74. The van der Waals surface area contributed by atoms with Gasteiger partial charge in [-0.25, -0.2) is 4.79 Å². The van der Waals surface area contributed by atoms with Crippen molar-refractivity contribution in [2.45, 2.75) is 37.7 Å². The molecule has 0 radical (unpaired) electrons. The minimum atomic E-state index is -4.46. The van der Waals surface area contributed by atoms with Crippen LogP contribution in [0.3, 0.4) is 0 Å². The molecular weight excluding hydrogens is 465 g/mol. The zero-order valence-corrected chi connectivity index (χ0v) is 19.1. The number of halogens is 3. The lowest BCUT2D eigenvalue weighted by Crippen LogP contribution is -2.55.